The lowest BCUT2D eigenvalue weighted by atomic mass is 10.3. The van der Waals surface area contributed by atoms with E-state index >= 15 is 0 Å². The van der Waals surface area contributed by atoms with Crippen LogP contribution in [-0.4, -0.2) is 0 Å². The highest BCUT2D eigenvalue weighted by molar-refractivity contribution is 8.00. The lowest BCUT2D eigenvalue weighted by molar-refractivity contribution is 1.21. The van der Waals surface area contributed by atoms with Crippen molar-refractivity contribution in [3.8, 4) is 0 Å². The van der Waals surface area contributed by atoms with Gasteiger partial charge in [0, 0.05) is 29.6 Å². The van der Waals surface area contributed by atoms with Gasteiger partial charge in [0.25, 0.3) is 0 Å². The van der Waals surface area contributed by atoms with Crippen LogP contribution in [0.15, 0.2) is 56.0 Å². The van der Waals surface area contributed by atoms with Crippen LogP contribution in [0.5, 0.6) is 0 Å². The molecule has 0 saturated heterocycles. The van der Waals surface area contributed by atoms with E-state index in [4.69, 9.17) is 23.2 Å². The Labute approximate surface area is 126 Å². The van der Waals surface area contributed by atoms with Gasteiger partial charge in [0.15, 0.2) is 0 Å². The first-order chi connectivity index (χ1) is 8.06. The molecule has 0 aliphatic carbocycles. The highest BCUT2D eigenvalue weighted by Crippen LogP contribution is 2.37. The van der Waals surface area contributed by atoms with Gasteiger partial charge < -0.3 is 0 Å². The Bertz CT molecular complexity index is 506. The van der Waals surface area contributed by atoms with Crippen molar-refractivity contribution in [2.75, 3.05) is 0 Å². The quantitative estimate of drug-likeness (QED) is 0.667. The van der Waals surface area contributed by atoms with Gasteiger partial charge in [-0.1, -0.05) is 35.0 Å². The van der Waals surface area contributed by atoms with Crippen LogP contribution in [-0.2, 0) is 0 Å². The molecule has 0 aliphatic heterocycles. The molecule has 5 heteroatoms. The number of benzene rings is 2. The highest BCUT2D eigenvalue weighted by Gasteiger charge is 2.06. The van der Waals surface area contributed by atoms with Crippen LogP contribution in [0.25, 0.3) is 0 Å². The second-order valence-corrected chi connectivity index (χ2v) is 6.25. The Balaban J connectivity index is 2.31. The van der Waals surface area contributed by atoms with E-state index in [-0.39, 0.29) is 0 Å². The summed E-state index contributed by atoms with van der Waals surface area (Å²) in [6, 6.07) is 11.2. The summed E-state index contributed by atoms with van der Waals surface area (Å²) >= 11 is 22.1. The van der Waals surface area contributed by atoms with Crippen LogP contribution in [0.3, 0.4) is 0 Å². The van der Waals surface area contributed by atoms with Crippen molar-refractivity contribution in [2.45, 2.75) is 19.6 Å². The summed E-state index contributed by atoms with van der Waals surface area (Å²) in [7, 11) is 0. The van der Waals surface area contributed by atoms with E-state index in [0.717, 1.165) is 19.6 Å². The summed E-state index contributed by atoms with van der Waals surface area (Å²) in [6.45, 7) is 0. The van der Waals surface area contributed by atoms with Gasteiger partial charge in [0.05, 0.1) is 0 Å². The second-order valence-electron chi connectivity index (χ2n) is 3.33. The minimum atomic E-state index is 0.682. The molecule has 0 heterocycles. The Hall–Kier alpha value is 0.0700. The molecule has 0 amide bonds. The monoisotopic (exact) mass is 318 g/mol. The molecule has 88 valence electrons. The van der Waals surface area contributed by atoms with Crippen LogP contribution in [0.2, 0.25) is 10.0 Å². The summed E-state index contributed by atoms with van der Waals surface area (Å²) in [6.07, 6.45) is 0. The zero-order valence-electron chi connectivity index (χ0n) is 8.52. The highest BCUT2D eigenvalue weighted by atomic mass is 35.5. The maximum Gasteiger partial charge on any atom is 0.0417 e. The molecule has 0 aromatic heterocycles. The molecular formula is C12H8Cl2S3. The van der Waals surface area contributed by atoms with E-state index in [1.54, 1.807) is 11.8 Å². The molecular weight excluding hydrogens is 311 g/mol. The van der Waals surface area contributed by atoms with Crippen molar-refractivity contribution in [1.82, 2.24) is 0 Å². The van der Waals surface area contributed by atoms with Crippen LogP contribution < -0.4 is 0 Å². The largest absolute Gasteiger partial charge is 0.142 e. The van der Waals surface area contributed by atoms with E-state index in [9.17, 15) is 0 Å². The second kappa shape index (κ2) is 5.81. The molecule has 0 aliphatic rings. The van der Waals surface area contributed by atoms with Crippen LogP contribution in [0.1, 0.15) is 0 Å². The maximum atomic E-state index is 5.88. The normalized spacial score (nSPS) is 10.6. The van der Waals surface area contributed by atoms with Crippen molar-refractivity contribution in [3.63, 3.8) is 0 Å². The summed E-state index contributed by atoms with van der Waals surface area (Å²) in [4.78, 5) is 3.78. The third-order valence-corrected chi connectivity index (χ3v) is 4.73. The van der Waals surface area contributed by atoms with Gasteiger partial charge in [-0.3, -0.25) is 0 Å². The molecule has 2 aromatic rings. The summed E-state index contributed by atoms with van der Waals surface area (Å²) in [5.41, 5.74) is 0. The number of rotatable bonds is 2. The fourth-order valence-corrected chi connectivity index (χ4v) is 3.31. The van der Waals surface area contributed by atoms with Gasteiger partial charge in [0.1, 0.15) is 0 Å². The Kier molecular flexibility index (Phi) is 4.61. The van der Waals surface area contributed by atoms with Crippen molar-refractivity contribution in [1.29, 1.82) is 0 Å². The minimum absolute atomic E-state index is 0.682. The first kappa shape index (κ1) is 13.5. The molecule has 2 aromatic carbocycles. The topological polar surface area (TPSA) is 0 Å². The van der Waals surface area contributed by atoms with E-state index in [2.05, 4.69) is 25.3 Å². The predicted octanol–water partition coefficient (Wildman–Crippen LogP) is 5.72. The van der Waals surface area contributed by atoms with Crippen molar-refractivity contribution >= 4 is 60.2 Å². The fourth-order valence-electron chi connectivity index (χ4n) is 1.27. The molecule has 0 N–H and O–H groups in total. The lowest BCUT2D eigenvalue weighted by Gasteiger charge is -2.07. The third kappa shape index (κ3) is 3.52. The lowest BCUT2D eigenvalue weighted by Crippen LogP contribution is -1.79. The first-order valence-electron chi connectivity index (χ1n) is 4.71. The van der Waals surface area contributed by atoms with E-state index in [1.807, 2.05) is 36.4 Å². The molecule has 0 unspecified atom stereocenters. The molecule has 0 nitrogen and oxygen atoms in total. The molecule has 0 atom stereocenters. The van der Waals surface area contributed by atoms with E-state index in [0.29, 0.717) is 10.0 Å². The molecule has 0 radical (unpaired) electrons. The maximum absolute atomic E-state index is 5.88. The Morgan fingerprint density at radius 1 is 0.765 bits per heavy atom. The summed E-state index contributed by atoms with van der Waals surface area (Å²) in [5.74, 6) is 0. The average molecular weight is 319 g/mol. The molecule has 0 bridgehead atoms. The van der Waals surface area contributed by atoms with Crippen molar-refractivity contribution in [3.05, 3.63) is 46.4 Å². The molecule has 2 rings (SSSR count). The number of hydrogen-bond acceptors (Lipinski definition) is 3. The standard InChI is InChI=1S/C12H8Cl2S3/c13-7-1-3-11(9(15)5-7)17-12-4-2-8(14)6-10(12)16/h1-6,15-16H. The van der Waals surface area contributed by atoms with Gasteiger partial charge in [-0.25, -0.2) is 0 Å². The van der Waals surface area contributed by atoms with Crippen LogP contribution in [0.4, 0.5) is 0 Å². The minimum Gasteiger partial charge on any atom is -0.142 e. The summed E-state index contributed by atoms with van der Waals surface area (Å²) in [5, 5.41) is 1.36. The van der Waals surface area contributed by atoms with Gasteiger partial charge in [-0.2, -0.15) is 0 Å². The van der Waals surface area contributed by atoms with Crippen molar-refractivity contribution < 1.29 is 0 Å². The third-order valence-electron chi connectivity index (χ3n) is 2.06. The SMILES string of the molecule is Sc1cc(Cl)ccc1Sc1ccc(Cl)cc1S. The predicted molar refractivity (Wildman–Crippen MR) is 81.5 cm³/mol. The smallest absolute Gasteiger partial charge is 0.0417 e. The number of thiol groups is 2. The average Bonchev–Trinajstić information content (AvgIpc) is 2.25. The number of hydrogen-bond donors (Lipinski definition) is 2. The van der Waals surface area contributed by atoms with Gasteiger partial charge in [-0.05, 0) is 36.4 Å². The van der Waals surface area contributed by atoms with E-state index < -0.39 is 0 Å². The molecule has 0 spiro atoms. The molecule has 17 heavy (non-hydrogen) atoms. The first-order valence-corrected chi connectivity index (χ1v) is 7.18. The fraction of sp³-hybridized carbons (Fsp3) is 0. The van der Waals surface area contributed by atoms with Gasteiger partial charge in [0.2, 0.25) is 0 Å². The van der Waals surface area contributed by atoms with Gasteiger partial charge in [-0.15, -0.1) is 25.3 Å². The van der Waals surface area contributed by atoms with Crippen LogP contribution in [0, 0.1) is 0 Å². The summed E-state index contributed by atoms with van der Waals surface area (Å²) < 4.78 is 0. The zero-order chi connectivity index (χ0) is 12.4. The van der Waals surface area contributed by atoms with E-state index in [1.165, 1.54) is 0 Å². The van der Waals surface area contributed by atoms with Crippen molar-refractivity contribution in [2.24, 2.45) is 0 Å². The van der Waals surface area contributed by atoms with Crippen LogP contribution >= 0.6 is 60.2 Å². The molecule has 0 fully saturated rings. The Morgan fingerprint density at radius 3 is 1.53 bits per heavy atom. The molecule has 0 saturated carbocycles. The zero-order valence-corrected chi connectivity index (χ0v) is 12.6. The van der Waals surface area contributed by atoms with Gasteiger partial charge >= 0.3 is 0 Å². The number of halogens is 2. The Morgan fingerprint density at radius 2 is 1.18 bits per heavy atom.